The summed E-state index contributed by atoms with van der Waals surface area (Å²) in [6.45, 7) is 0.350. The zero-order chi connectivity index (χ0) is 14.5. The summed E-state index contributed by atoms with van der Waals surface area (Å²) >= 11 is 5.77. The molecular formula is C14H14ClN3O2. The van der Waals surface area contributed by atoms with Gasteiger partial charge < -0.3 is 15.8 Å². The number of carbonyl (C=O) groups is 1. The number of aromatic nitrogens is 1. The van der Waals surface area contributed by atoms with Crippen LogP contribution in [-0.4, -0.2) is 18.0 Å². The molecule has 0 saturated carbocycles. The van der Waals surface area contributed by atoms with Crippen molar-refractivity contribution in [1.29, 1.82) is 0 Å². The lowest BCUT2D eigenvalue weighted by atomic mass is 10.2. The molecule has 0 aliphatic rings. The number of nitrogens with zero attached hydrogens (tertiary/aromatic N) is 1. The number of pyridine rings is 1. The molecule has 0 unspecified atom stereocenters. The molecule has 1 heterocycles. The van der Waals surface area contributed by atoms with Gasteiger partial charge in [0.25, 0.3) is 5.91 Å². The molecule has 0 spiro atoms. The number of anilines is 1. The minimum Gasteiger partial charge on any atom is -0.496 e. The van der Waals surface area contributed by atoms with Crippen LogP contribution in [0.3, 0.4) is 0 Å². The van der Waals surface area contributed by atoms with E-state index in [1.807, 2.05) is 24.3 Å². The van der Waals surface area contributed by atoms with Crippen molar-refractivity contribution in [2.45, 2.75) is 6.54 Å². The quantitative estimate of drug-likeness (QED) is 0.847. The van der Waals surface area contributed by atoms with Crippen LogP contribution < -0.4 is 15.8 Å². The molecule has 0 saturated heterocycles. The molecule has 2 aromatic rings. The maximum Gasteiger partial charge on any atom is 0.251 e. The number of hydrogen-bond donors (Lipinski definition) is 2. The molecule has 3 N–H and O–H groups in total. The van der Waals surface area contributed by atoms with Gasteiger partial charge in [-0.2, -0.15) is 0 Å². The lowest BCUT2D eigenvalue weighted by molar-refractivity contribution is 0.0950. The van der Waals surface area contributed by atoms with Crippen molar-refractivity contribution < 1.29 is 9.53 Å². The number of nitrogen functional groups attached to an aromatic ring is 1. The van der Waals surface area contributed by atoms with Gasteiger partial charge in [0.2, 0.25) is 0 Å². The summed E-state index contributed by atoms with van der Waals surface area (Å²) in [7, 11) is 1.59. The first-order valence-electron chi connectivity index (χ1n) is 5.93. The van der Waals surface area contributed by atoms with Crippen molar-refractivity contribution >= 4 is 23.3 Å². The van der Waals surface area contributed by atoms with E-state index in [0.29, 0.717) is 12.1 Å². The van der Waals surface area contributed by atoms with Gasteiger partial charge in [-0.1, -0.05) is 29.8 Å². The highest BCUT2D eigenvalue weighted by atomic mass is 35.5. The summed E-state index contributed by atoms with van der Waals surface area (Å²) in [5, 5.41) is 2.97. The van der Waals surface area contributed by atoms with Crippen molar-refractivity contribution in [2.75, 3.05) is 12.8 Å². The van der Waals surface area contributed by atoms with Gasteiger partial charge in [-0.3, -0.25) is 4.79 Å². The van der Waals surface area contributed by atoms with E-state index < -0.39 is 0 Å². The summed E-state index contributed by atoms with van der Waals surface area (Å²) in [6, 6.07) is 10.4. The van der Waals surface area contributed by atoms with Gasteiger partial charge in [-0.05, 0) is 18.2 Å². The number of para-hydroxylation sites is 1. The molecule has 6 heteroatoms. The zero-order valence-corrected chi connectivity index (χ0v) is 11.6. The van der Waals surface area contributed by atoms with Crippen molar-refractivity contribution in [3.63, 3.8) is 0 Å². The second-order valence-corrected chi connectivity index (χ2v) is 4.49. The SMILES string of the molecule is COc1ccccc1CNC(=O)c1cc(N)nc(Cl)c1. The average molecular weight is 292 g/mol. The maximum atomic E-state index is 12.0. The first kappa shape index (κ1) is 14.1. The van der Waals surface area contributed by atoms with Gasteiger partial charge in [-0.25, -0.2) is 4.98 Å². The van der Waals surface area contributed by atoms with E-state index in [1.54, 1.807) is 7.11 Å². The monoisotopic (exact) mass is 291 g/mol. The molecule has 0 aliphatic heterocycles. The van der Waals surface area contributed by atoms with Crippen LogP contribution in [-0.2, 0) is 6.54 Å². The first-order chi connectivity index (χ1) is 9.60. The molecular weight excluding hydrogens is 278 g/mol. The van der Waals surface area contributed by atoms with Gasteiger partial charge in [0, 0.05) is 17.7 Å². The number of benzene rings is 1. The Morgan fingerprint density at radius 1 is 1.40 bits per heavy atom. The number of nitrogens with one attached hydrogen (secondary N) is 1. The molecule has 1 aromatic heterocycles. The number of hydrogen-bond acceptors (Lipinski definition) is 4. The van der Waals surface area contributed by atoms with Crippen LogP contribution in [0.1, 0.15) is 15.9 Å². The predicted octanol–water partition coefficient (Wildman–Crippen LogP) is 2.26. The molecule has 104 valence electrons. The van der Waals surface area contributed by atoms with Crippen molar-refractivity contribution in [2.24, 2.45) is 0 Å². The standard InChI is InChI=1S/C14H14ClN3O2/c1-20-11-5-3-2-4-9(11)8-17-14(19)10-6-12(15)18-13(16)7-10/h2-7H,8H2,1H3,(H2,16,18)(H,17,19). The highest BCUT2D eigenvalue weighted by molar-refractivity contribution is 6.29. The molecule has 1 amide bonds. The summed E-state index contributed by atoms with van der Waals surface area (Å²) in [4.78, 5) is 15.8. The minimum absolute atomic E-state index is 0.187. The summed E-state index contributed by atoms with van der Waals surface area (Å²) in [6.07, 6.45) is 0. The van der Waals surface area contributed by atoms with Crippen LogP contribution in [0.25, 0.3) is 0 Å². The molecule has 1 aromatic carbocycles. The minimum atomic E-state index is -0.271. The molecule has 5 nitrogen and oxygen atoms in total. The number of methoxy groups -OCH3 is 1. The number of rotatable bonds is 4. The van der Waals surface area contributed by atoms with Gasteiger partial charge >= 0.3 is 0 Å². The molecule has 0 radical (unpaired) electrons. The van der Waals surface area contributed by atoms with Crippen molar-refractivity contribution in [3.8, 4) is 5.75 Å². The number of nitrogens with two attached hydrogens (primary N) is 1. The van der Waals surface area contributed by atoms with Gasteiger partial charge in [0.05, 0.1) is 7.11 Å². The third-order valence-corrected chi connectivity index (χ3v) is 2.90. The predicted molar refractivity (Wildman–Crippen MR) is 77.8 cm³/mol. The van der Waals surface area contributed by atoms with E-state index >= 15 is 0 Å². The van der Waals surface area contributed by atoms with Crippen LogP contribution >= 0.6 is 11.6 Å². The Labute approximate surface area is 121 Å². The highest BCUT2D eigenvalue weighted by Gasteiger charge is 2.09. The van der Waals surface area contributed by atoms with E-state index in [0.717, 1.165) is 11.3 Å². The normalized spacial score (nSPS) is 10.1. The van der Waals surface area contributed by atoms with Gasteiger partial charge in [0.15, 0.2) is 0 Å². The smallest absolute Gasteiger partial charge is 0.251 e. The van der Waals surface area contributed by atoms with Crippen LogP contribution in [0.4, 0.5) is 5.82 Å². The highest BCUT2D eigenvalue weighted by Crippen LogP contribution is 2.17. The van der Waals surface area contributed by atoms with E-state index in [4.69, 9.17) is 22.1 Å². The van der Waals surface area contributed by atoms with Crippen LogP contribution in [0, 0.1) is 0 Å². The Hall–Kier alpha value is -2.27. The average Bonchev–Trinajstić information content (AvgIpc) is 2.44. The molecule has 0 bridgehead atoms. The van der Waals surface area contributed by atoms with E-state index in [2.05, 4.69) is 10.3 Å². The molecule has 0 fully saturated rings. The third kappa shape index (κ3) is 3.39. The summed E-state index contributed by atoms with van der Waals surface area (Å²) in [5.74, 6) is 0.659. The Morgan fingerprint density at radius 2 is 2.15 bits per heavy atom. The lowest BCUT2D eigenvalue weighted by Crippen LogP contribution is -2.23. The van der Waals surface area contributed by atoms with E-state index in [9.17, 15) is 4.79 Å². The maximum absolute atomic E-state index is 12.0. The molecule has 0 atom stereocenters. The molecule has 20 heavy (non-hydrogen) atoms. The Bertz CT molecular complexity index is 611. The van der Waals surface area contributed by atoms with Gasteiger partial charge in [0.1, 0.15) is 16.7 Å². The fourth-order valence-corrected chi connectivity index (χ4v) is 1.99. The van der Waals surface area contributed by atoms with Crippen molar-refractivity contribution in [3.05, 3.63) is 52.7 Å². The summed E-state index contributed by atoms with van der Waals surface area (Å²) < 4.78 is 5.22. The molecule has 2 rings (SSSR count). The van der Waals surface area contributed by atoms with Gasteiger partial charge in [-0.15, -0.1) is 0 Å². The largest absolute Gasteiger partial charge is 0.496 e. The number of amides is 1. The number of ether oxygens (including phenoxy) is 1. The van der Waals surface area contributed by atoms with Crippen LogP contribution in [0.2, 0.25) is 5.15 Å². The fraction of sp³-hybridized carbons (Fsp3) is 0.143. The third-order valence-electron chi connectivity index (χ3n) is 2.71. The van der Waals surface area contributed by atoms with E-state index in [1.165, 1.54) is 12.1 Å². The second-order valence-electron chi connectivity index (χ2n) is 4.10. The van der Waals surface area contributed by atoms with E-state index in [-0.39, 0.29) is 16.9 Å². The van der Waals surface area contributed by atoms with Crippen LogP contribution in [0.5, 0.6) is 5.75 Å². The number of halogens is 1. The Balaban J connectivity index is 2.08. The second kappa shape index (κ2) is 6.25. The fourth-order valence-electron chi connectivity index (χ4n) is 1.77. The lowest BCUT2D eigenvalue weighted by Gasteiger charge is -2.09. The Kier molecular flexibility index (Phi) is 4.42. The van der Waals surface area contributed by atoms with Crippen LogP contribution in [0.15, 0.2) is 36.4 Å². The number of carbonyl (C=O) groups excluding carboxylic acids is 1. The Morgan fingerprint density at radius 3 is 2.85 bits per heavy atom. The van der Waals surface area contributed by atoms with Crippen molar-refractivity contribution in [1.82, 2.24) is 10.3 Å². The zero-order valence-electron chi connectivity index (χ0n) is 10.9. The summed E-state index contributed by atoms with van der Waals surface area (Å²) in [5.41, 5.74) is 6.81. The first-order valence-corrected chi connectivity index (χ1v) is 6.31. The molecule has 0 aliphatic carbocycles. The topological polar surface area (TPSA) is 77.2 Å².